The van der Waals surface area contributed by atoms with Crippen molar-refractivity contribution < 1.29 is 4.42 Å². The maximum atomic E-state index is 6.47. The summed E-state index contributed by atoms with van der Waals surface area (Å²) in [4.78, 5) is 0. The molecule has 0 atom stereocenters. The summed E-state index contributed by atoms with van der Waals surface area (Å²) in [6, 6.07) is 54.7. The van der Waals surface area contributed by atoms with Crippen LogP contribution in [0.2, 0.25) is 0 Å². The van der Waals surface area contributed by atoms with E-state index in [0.717, 1.165) is 38.5 Å². The fourth-order valence-corrected chi connectivity index (χ4v) is 8.37. The number of aromatic nitrogens is 1. The van der Waals surface area contributed by atoms with Crippen LogP contribution in [0, 0.1) is 0 Å². The summed E-state index contributed by atoms with van der Waals surface area (Å²) in [5, 5.41) is 7.34. The van der Waals surface area contributed by atoms with Crippen LogP contribution in [0.3, 0.4) is 0 Å². The van der Waals surface area contributed by atoms with Gasteiger partial charge in [-0.25, -0.2) is 0 Å². The number of hydrogen-bond acceptors (Lipinski definition) is 2. The summed E-state index contributed by atoms with van der Waals surface area (Å²) in [5.74, 6) is 0. The lowest BCUT2D eigenvalue weighted by Crippen LogP contribution is -1.93. The zero-order valence-electron chi connectivity index (χ0n) is 24.2. The maximum absolute atomic E-state index is 6.47. The highest BCUT2D eigenvalue weighted by Gasteiger charge is 2.18. The van der Waals surface area contributed by atoms with E-state index in [2.05, 4.69) is 150 Å². The lowest BCUT2D eigenvalue weighted by molar-refractivity contribution is 0.673. The molecule has 0 fully saturated rings. The van der Waals surface area contributed by atoms with E-state index in [0.29, 0.717) is 0 Å². The van der Waals surface area contributed by atoms with Crippen molar-refractivity contribution in [3.05, 3.63) is 152 Å². The van der Waals surface area contributed by atoms with E-state index in [1.54, 1.807) is 0 Å². The lowest BCUT2D eigenvalue weighted by atomic mass is 9.99. The number of furan rings is 1. The molecule has 3 heterocycles. The van der Waals surface area contributed by atoms with Crippen LogP contribution in [0.5, 0.6) is 0 Å². The maximum Gasteiger partial charge on any atom is 0.145 e. The summed E-state index contributed by atoms with van der Waals surface area (Å²) < 4.78 is 11.5. The van der Waals surface area contributed by atoms with E-state index in [1.165, 1.54) is 53.3 Å². The van der Waals surface area contributed by atoms with Gasteiger partial charge in [-0.15, -0.1) is 11.3 Å². The van der Waals surface area contributed by atoms with Gasteiger partial charge in [-0.05, 0) is 64.7 Å². The van der Waals surface area contributed by atoms with Crippen molar-refractivity contribution in [3.8, 4) is 27.9 Å². The number of para-hydroxylation sites is 2. The van der Waals surface area contributed by atoms with Crippen molar-refractivity contribution in [2.24, 2.45) is 0 Å². The summed E-state index contributed by atoms with van der Waals surface area (Å²) >= 11 is 1.88. The summed E-state index contributed by atoms with van der Waals surface area (Å²) in [6.07, 6.45) is 0. The fourth-order valence-electron chi connectivity index (χ4n) is 7.13. The van der Waals surface area contributed by atoms with Gasteiger partial charge < -0.3 is 8.98 Å². The Balaban J connectivity index is 1.06. The third-order valence-corrected chi connectivity index (χ3v) is 10.5. The van der Waals surface area contributed by atoms with Crippen LogP contribution in [-0.2, 0) is 0 Å². The van der Waals surface area contributed by atoms with Crippen LogP contribution in [-0.4, -0.2) is 4.57 Å². The third-order valence-electron chi connectivity index (χ3n) is 9.24. The molecule has 7 aromatic carbocycles. The highest BCUT2D eigenvalue weighted by molar-refractivity contribution is 7.26. The van der Waals surface area contributed by atoms with Crippen molar-refractivity contribution >= 4 is 75.3 Å². The van der Waals surface area contributed by atoms with E-state index in [4.69, 9.17) is 4.42 Å². The molecule has 0 bridgehead atoms. The van der Waals surface area contributed by atoms with Crippen LogP contribution < -0.4 is 0 Å². The second-order valence-corrected chi connectivity index (χ2v) is 12.7. The molecular weight excluding hydrogens is 567 g/mol. The quantitative estimate of drug-likeness (QED) is 0.200. The Hall–Kier alpha value is -5.64. The van der Waals surface area contributed by atoms with Crippen molar-refractivity contribution in [2.45, 2.75) is 0 Å². The first-order valence-corrected chi connectivity index (χ1v) is 16.1. The van der Waals surface area contributed by atoms with Crippen LogP contribution >= 0.6 is 11.3 Å². The minimum absolute atomic E-state index is 0.924. The smallest absolute Gasteiger partial charge is 0.145 e. The summed E-state index contributed by atoms with van der Waals surface area (Å²) in [6.45, 7) is 0. The number of thiophene rings is 1. The Morgan fingerprint density at radius 2 is 1.11 bits per heavy atom. The van der Waals surface area contributed by atoms with Gasteiger partial charge in [0.2, 0.25) is 0 Å². The van der Waals surface area contributed by atoms with Crippen molar-refractivity contribution in [1.82, 2.24) is 4.57 Å². The number of rotatable bonds is 3. The van der Waals surface area contributed by atoms with Gasteiger partial charge in [0.05, 0.1) is 16.4 Å². The molecule has 0 spiro atoms. The molecular formula is C42H25NOS. The molecule has 2 nitrogen and oxygen atoms in total. The largest absolute Gasteiger partial charge is 0.455 e. The normalized spacial score (nSPS) is 12.0. The van der Waals surface area contributed by atoms with E-state index < -0.39 is 0 Å². The molecule has 0 unspecified atom stereocenters. The molecule has 0 saturated heterocycles. The standard InChI is InChI=1S/C42H25NOS/c1-4-13-36-35(10-1)40-37(25-24-33-31-8-2-5-14-38(31)44-41(33)40)43(36)29-22-20-27(21-23-29)26-16-18-28(19-17-26)30-11-7-12-34-32-9-3-6-15-39(32)45-42(30)34/h1-25H. The summed E-state index contributed by atoms with van der Waals surface area (Å²) in [5.41, 5.74) is 10.3. The van der Waals surface area contributed by atoms with Gasteiger partial charge in [0.15, 0.2) is 0 Å². The Bertz CT molecular complexity index is 2740. The van der Waals surface area contributed by atoms with Gasteiger partial charge in [-0.2, -0.15) is 0 Å². The Morgan fingerprint density at radius 3 is 1.96 bits per heavy atom. The molecule has 0 aliphatic carbocycles. The van der Waals surface area contributed by atoms with E-state index in [9.17, 15) is 0 Å². The van der Waals surface area contributed by atoms with Gasteiger partial charge in [-0.1, -0.05) is 109 Å². The molecule has 0 radical (unpaired) electrons. The van der Waals surface area contributed by atoms with Crippen LogP contribution in [0.15, 0.2) is 156 Å². The average molecular weight is 592 g/mol. The Morgan fingerprint density at radius 1 is 0.444 bits per heavy atom. The first kappa shape index (κ1) is 24.8. The lowest BCUT2D eigenvalue weighted by Gasteiger charge is -2.10. The molecule has 3 heteroatoms. The highest BCUT2D eigenvalue weighted by Crippen LogP contribution is 2.42. The van der Waals surface area contributed by atoms with Crippen molar-refractivity contribution in [1.29, 1.82) is 0 Å². The van der Waals surface area contributed by atoms with E-state index in [1.807, 2.05) is 17.4 Å². The van der Waals surface area contributed by atoms with Gasteiger partial charge >= 0.3 is 0 Å². The topological polar surface area (TPSA) is 18.1 Å². The second-order valence-electron chi connectivity index (χ2n) is 11.7. The number of fused-ring (bicyclic) bond motifs is 10. The molecule has 10 aromatic rings. The van der Waals surface area contributed by atoms with Crippen LogP contribution in [0.25, 0.3) is 91.9 Å². The molecule has 0 aliphatic rings. The predicted molar refractivity (Wildman–Crippen MR) is 192 cm³/mol. The number of hydrogen-bond donors (Lipinski definition) is 0. The zero-order chi connectivity index (χ0) is 29.5. The molecule has 0 N–H and O–H groups in total. The van der Waals surface area contributed by atoms with Crippen LogP contribution in [0.4, 0.5) is 0 Å². The zero-order valence-corrected chi connectivity index (χ0v) is 25.0. The molecule has 3 aromatic heterocycles. The monoisotopic (exact) mass is 591 g/mol. The molecule has 0 amide bonds. The molecule has 45 heavy (non-hydrogen) atoms. The number of benzene rings is 7. The Kier molecular flexibility index (Phi) is 5.19. The van der Waals surface area contributed by atoms with Crippen molar-refractivity contribution in [3.63, 3.8) is 0 Å². The first-order chi connectivity index (χ1) is 22.3. The minimum Gasteiger partial charge on any atom is -0.455 e. The molecule has 210 valence electrons. The second kappa shape index (κ2) is 9.43. The summed E-state index contributed by atoms with van der Waals surface area (Å²) in [7, 11) is 0. The molecule has 0 aliphatic heterocycles. The van der Waals surface area contributed by atoms with E-state index >= 15 is 0 Å². The van der Waals surface area contributed by atoms with E-state index in [-0.39, 0.29) is 0 Å². The predicted octanol–water partition coefficient (Wildman–Crippen LogP) is 12.4. The average Bonchev–Trinajstić information content (AvgIpc) is 3.78. The van der Waals surface area contributed by atoms with Gasteiger partial charge in [0.1, 0.15) is 11.2 Å². The molecule has 10 rings (SSSR count). The number of nitrogens with zero attached hydrogens (tertiary/aromatic N) is 1. The first-order valence-electron chi connectivity index (χ1n) is 15.3. The minimum atomic E-state index is 0.924. The van der Waals surface area contributed by atoms with Gasteiger partial charge in [-0.3, -0.25) is 0 Å². The van der Waals surface area contributed by atoms with Gasteiger partial charge in [0, 0.05) is 42.0 Å². The van der Waals surface area contributed by atoms with Crippen molar-refractivity contribution in [2.75, 3.05) is 0 Å². The fraction of sp³-hybridized carbons (Fsp3) is 0. The Labute approximate surface area is 263 Å². The third kappa shape index (κ3) is 3.62. The highest BCUT2D eigenvalue weighted by atomic mass is 32.1. The van der Waals surface area contributed by atoms with Gasteiger partial charge in [0.25, 0.3) is 0 Å². The van der Waals surface area contributed by atoms with Crippen LogP contribution in [0.1, 0.15) is 0 Å². The molecule has 0 saturated carbocycles. The SMILES string of the molecule is c1ccc2c(c1)oc1c2ccc2c1c1ccccc1n2-c1ccc(-c2ccc(-c3cccc4c3sc3ccccc34)cc2)cc1.